The van der Waals surface area contributed by atoms with Gasteiger partial charge in [0.25, 0.3) is 0 Å². The Morgan fingerprint density at radius 1 is 1.15 bits per heavy atom. The summed E-state index contributed by atoms with van der Waals surface area (Å²) in [6.07, 6.45) is 1.49. The van der Waals surface area contributed by atoms with E-state index in [0.29, 0.717) is 11.4 Å². The van der Waals surface area contributed by atoms with Crippen LogP contribution in [-0.2, 0) is 6.42 Å². The van der Waals surface area contributed by atoms with Gasteiger partial charge in [0.15, 0.2) is 5.78 Å². The molecule has 0 radical (unpaired) electrons. The van der Waals surface area contributed by atoms with Crippen molar-refractivity contribution in [1.29, 1.82) is 0 Å². The molecule has 1 aliphatic rings. The quantitative estimate of drug-likeness (QED) is 0.926. The van der Waals surface area contributed by atoms with Gasteiger partial charge in [-0.1, -0.05) is 41.9 Å². The number of carbonyl (C=O) groups excluding carboxylic acids is 1. The summed E-state index contributed by atoms with van der Waals surface area (Å²) in [4.78, 5) is 11.9. The molecule has 1 unspecified atom stereocenters. The van der Waals surface area contributed by atoms with Crippen LogP contribution in [0, 0.1) is 0 Å². The van der Waals surface area contributed by atoms with Gasteiger partial charge in [0.2, 0.25) is 0 Å². The second-order valence-electron chi connectivity index (χ2n) is 5.10. The zero-order valence-electron chi connectivity index (χ0n) is 11.1. The van der Waals surface area contributed by atoms with Crippen LogP contribution in [0.25, 0.3) is 0 Å². The maximum absolute atomic E-state index is 11.9. The lowest BCUT2D eigenvalue weighted by atomic mass is 10.1. The fourth-order valence-electron chi connectivity index (χ4n) is 2.70. The molecule has 0 saturated carbocycles. The van der Waals surface area contributed by atoms with Crippen LogP contribution >= 0.6 is 11.6 Å². The minimum Gasteiger partial charge on any atom is -0.309 e. The molecule has 2 aromatic rings. The third kappa shape index (κ3) is 2.77. The molecular formula is C17H16ClNO. The van der Waals surface area contributed by atoms with Crippen LogP contribution in [0.5, 0.6) is 0 Å². The van der Waals surface area contributed by atoms with Crippen molar-refractivity contribution in [3.63, 3.8) is 0 Å². The van der Waals surface area contributed by atoms with E-state index in [2.05, 4.69) is 17.4 Å². The molecule has 0 heterocycles. The summed E-state index contributed by atoms with van der Waals surface area (Å²) >= 11 is 6.03. The number of hydrogen-bond acceptors (Lipinski definition) is 2. The molecule has 2 nitrogen and oxygen atoms in total. The van der Waals surface area contributed by atoms with Gasteiger partial charge in [-0.05, 0) is 42.3 Å². The molecular weight excluding hydrogens is 270 g/mol. The zero-order valence-corrected chi connectivity index (χ0v) is 11.9. The van der Waals surface area contributed by atoms with E-state index in [1.165, 1.54) is 5.56 Å². The number of carbonyl (C=O) groups is 1. The Kier molecular flexibility index (Phi) is 3.86. The lowest BCUT2D eigenvalue weighted by Gasteiger charge is -2.13. The molecule has 0 fully saturated rings. The standard InChI is InChI=1S/C17H16ClNO/c18-13-6-7-14-15(10-13)16(11-17(14)20)19-9-8-12-4-2-1-3-5-12/h1-7,10,16,19H,8-9,11H2. The lowest BCUT2D eigenvalue weighted by Crippen LogP contribution is -2.22. The van der Waals surface area contributed by atoms with E-state index >= 15 is 0 Å². The monoisotopic (exact) mass is 285 g/mol. The van der Waals surface area contributed by atoms with Crippen molar-refractivity contribution in [3.05, 3.63) is 70.2 Å². The van der Waals surface area contributed by atoms with E-state index in [4.69, 9.17) is 11.6 Å². The summed E-state index contributed by atoms with van der Waals surface area (Å²) in [6.45, 7) is 0.855. The van der Waals surface area contributed by atoms with Gasteiger partial charge >= 0.3 is 0 Å². The number of Topliss-reactive ketones (excluding diaryl/α,β-unsaturated/α-hetero) is 1. The predicted octanol–water partition coefficient (Wildman–Crippen LogP) is 3.80. The molecule has 3 rings (SSSR count). The van der Waals surface area contributed by atoms with Gasteiger partial charge in [-0.15, -0.1) is 0 Å². The summed E-state index contributed by atoms with van der Waals surface area (Å²) in [5.41, 5.74) is 3.15. The van der Waals surface area contributed by atoms with Crippen molar-refractivity contribution in [3.8, 4) is 0 Å². The van der Waals surface area contributed by atoms with Gasteiger partial charge in [0.05, 0.1) is 0 Å². The molecule has 0 bridgehead atoms. The average Bonchev–Trinajstić information content (AvgIpc) is 2.76. The topological polar surface area (TPSA) is 29.1 Å². The summed E-state index contributed by atoms with van der Waals surface area (Å²) in [7, 11) is 0. The molecule has 1 atom stereocenters. The molecule has 0 saturated heterocycles. The molecule has 0 spiro atoms. The summed E-state index contributed by atoms with van der Waals surface area (Å²) in [5, 5.41) is 4.15. The molecule has 1 aliphatic carbocycles. The maximum Gasteiger partial charge on any atom is 0.165 e. The highest BCUT2D eigenvalue weighted by Gasteiger charge is 2.28. The fourth-order valence-corrected chi connectivity index (χ4v) is 2.88. The van der Waals surface area contributed by atoms with Gasteiger partial charge in [0, 0.05) is 23.0 Å². The van der Waals surface area contributed by atoms with Gasteiger partial charge < -0.3 is 5.32 Å². The van der Waals surface area contributed by atoms with E-state index in [-0.39, 0.29) is 11.8 Å². The third-order valence-corrected chi connectivity index (χ3v) is 3.96. The predicted molar refractivity (Wildman–Crippen MR) is 81.3 cm³/mol. The molecule has 1 N–H and O–H groups in total. The van der Waals surface area contributed by atoms with Crippen LogP contribution < -0.4 is 5.32 Å². The number of ketones is 1. The number of halogens is 1. The summed E-state index contributed by atoms with van der Waals surface area (Å²) in [6, 6.07) is 16.0. The lowest BCUT2D eigenvalue weighted by molar-refractivity contribution is 0.0986. The van der Waals surface area contributed by atoms with Crippen LogP contribution in [0.3, 0.4) is 0 Å². The Hall–Kier alpha value is -1.64. The fraction of sp³-hybridized carbons (Fsp3) is 0.235. The Bertz CT molecular complexity index is 624. The van der Waals surface area contributed by atoms with E-state index in [9.17, 15) is 4.79 Å². The number of nitrogens with one attached hydrogen (secondary N) is 1. The Morgan fingerprint density at radius 2 is 1.95 bits per heavy atom. The molecule has 102 valence electrons. The highest BCUT2D eigenvalue weighted by molar-refractivity contribution is 6.30. The highest BCUT2D eigenvalue weighted by Crippen LogP contribution is 2.32. The van der Waals surface area contributed by atoms with E-state index in [1.54, 1.807) is 6.07 Å². The minimum absolute atomic E-state index is 0.0971. The number of fused-ring (bicyclic) bond motifs is 1. The molecule has 3 heteroatoms. The van der Waals surface area contributed by atoms with Crippen molar-refractivity contribution >= 4 is 17.4 Å². The van der Waals surface area contributed by atoms with Gasteiger partial charge in [0.1, 0.15) is 0 Å². The summed E-state index contributed by atoms with van der Waals surface area (Å²) < 4.78 is 0. The molecule has 20 heavy (non-hydrogen) atoms. The first-order valence-electron chi connectivity index (χ1n) is 6.84. The summed E-state index contributed by atoms with van der Waals surface area (Å²) in [5.74, 6) is 0.203. The Labute approximate surface area is 123 Å². The van der Waals surface area contributed by atoms with E-state index < -0.39 is 0 Å². The van der Waals surface area contributed by atoms with Gasteiger partial charge in [-0.25, -0.2) is 0 Å². The van der Waals surface area contributed by atoms with Crippen molar-refractivity contribution in [1.82, 2.24) is 5.32 Å². The van der Waals surface area contributed by atoms with Crippen molar-refractivity contribution in [2.45, 2.75) is 18.9 Å². The van der Waals surface area contributed by atoms with Crippen molar-refractivity contribution in [2.75, 3.05) is 6.54 Å². The van der Waals surface area contributed by atoms with Gasteiger partial charge in [-0.2, -0.15) is 0 Å². The number of benzene rings is 2. The Balaban J connectivity index is 1.65. The first-order valence-corrected chi connectivity index (χ1v) is 7.22. The SMILES string of the molecule is O=C1CC(NCCc2ccccc2)c2cc(Cl)ccc21. The second kappa shape index (κ2) is 5.78. The van der Waals surface area contributed by atoms with Crippen molar-refractivity contribution in [2.24, 2.45) is 0 Å². The number of rotatable bonds is 4. The Morgan fingerprint density at radius 3 is 2.75 bits per heavy atom. The van der Waals surface area contributed by atoms with Gasteiger partial charge in [-0.3, -0.25) is 4.79 Å². The zero-order chi connectivity index (χ0) is 13.9. The second-order valence-corrected chi connectivity index (χ2v) is 5.54. The molecule has 0 amide bonds. The normalized spacial score (nSPS) is 17.2. The van der Waals surface area contributed by atoms with E-state index in [1.807, 2.05) is 30.3 Å². The smallest absolute Gasteiger partial charge is 0.165 e. The molecule has 0 aliphatic heterocycles. The average molecular weight is 286 g/mol. The van der Waals surface area contributed by atoms with Crippen LogP contribution in [0.1, 0.15) is 33.9 Å². The van der Waals surface area contributed by atoms with E-state index in [0.717, 1.165) is 24.1 Å². The van der Waals surface area contributed by atoms with Crippen LogP contribution in [-0.4, -0.2) is 12.3 Å². The first-order chi connectivity index (χ1) is 9.74. The first kappa shape index (κ1) is 13.3. The minimum atomic E-state index is 0.0971. The van der Waals surface area contributed by atoms with Crippen molar-refractivity contribution < 1.29 is 4.79 Å². The largest absolute Gasteiger partial charge is 0.309 e. The van der Waals surface area contributed by atoms with Crippen LogP contribution in [0.2, 0.25) is 5.02 Å². The van der Waals surface area contributed by atoms with Crippen LogP contribution in [0.15, 0.2) is 48.5 Å². The number of hydrogen-bond donors (Lipinski definition) is 1. The maximum atomic E-state index is 11.9. The molecule has 0 aromatic heterocycles. The molecule has 2 aromatic carbocycles. The van der Waals surface area contributed by atoms with Crippen LogP contribution in [0.4, 0.5) is 0 Å². The highest BCUT2D eigenvalue weighted by atomic mass is 35.5. The third-order valence-electron chi connectivity index (χ3n) is 3.73.